The van der Waals surface area contributed by atoms with Gasteiger partial charge < -0.3 is 11.1 Å². The Morgan fingerprint density at radius 2 is 2.17 bits per heavy atom. The maximum absolute atomic E-state index is 9.03. The van der Waals surface area contributed by atoms with Crippen molar-refractivity contribution in [3.05, 3.63) is 23.8 Å². The lowest BCUT2D eigenvalue weighted by Gasteiger charge is -2.26. The van der Waals surface area contributed by atoms with Crippen LogP contribution in [0.25, 0.3) is 0 Å². The van der Waals surface area contributed by atoms with Crippen LogP contribution in [-0.4, -0.2) is 42.6 Å². The van der Waals surface area contributed by atoms with Crippen molar-refractivity contribution >= 4 is 23.1 Å². The number of thioether (sulfide) groups is 1. The van der Waals surface area contributed by atoms with Gasteiger partial charge in [-0.3, -0.25) is 4.90 Å². The monoisotopic (exact) mass is 262 g/mol. The lowest BCUT2D eigenvalue weighted by Crippen LogP contribution is -2.36. The van der Waals surface area contributed by atoms with Crippen molar-refractivity contribution in [2.24, 2.45) is 0 Å². The van der Waals surface area contributed by atoms with Gasteiger partial charge in [-0.2, -0.15) is 17.0 Å². The maximum atomic E-state index is 9.03. The van der Waals surface area contributed by atoms with Crippen molar-refractivity contribution < 1.29 is 0 Å². The molecule has 0 amide bonds. The van der Waals surface area contributed by atoms with E-state index in [1.54, 1.807) is 6.07 Å². The number of nitrogens with zero attached hydrogens (tertiary/aromatic N) is 2. The van der Waals surface area contributed by atoms with Crippen molar-refractivity contribution in [1.82, 2.24) is 4.90 Å². The summed E-state index contributed by atoms with van der Waals surface area (Å²) in [6.07, 6.45) is 0. The molecule has 1 aliphatic heterocycles. The summed E-state index contributed by atoms with van der Waals surface area (Å²) in [6, 6.07) is 7.57. The molecule has 0 bridgehead atoms. The third kappa shape index (κ3) is 3.56. The van der Waals surface area contributed by atoms with Crippen LogP contribution in [0.4, 0.5) is 11.4 Å². The first kappa shape index (κ1) is 13.1. The summed E-state index contributed by atoms with van der Waals surface area (Å²) in [7, 11) is 0. The molecule has 0 spiro atoms. The first-order chi connectivity index (χ1) is 8.79. The van der Waals surface area contributed by atoms with Crippen molar-refractivity contribution in [2.75, 3.05) is 48.7 Å². The molecule has 4 nitrogen and oxygen atoms in total. The SMILES string of the molecule is N#Cc1cc(N)ccc1NCCN1CCSCC1. The van der Waals surface area contributed by atoms with Gasteiger partial charge in [0, 0.05) is 43.4 Å². The summed E-state index contributed by atoms with van der Waals surface area (Å²) in [4.78, 5) is 2.45. The van der Waals surface area contributed by atoms with Crippen LogP contribution < -0.4 is 11.1 Å². The predicted octanol–water partition coefficient (Wildman–Crippen LogP) is 1.60. The van der Waals surface area contributed by atoms with E-state index in [9.17, 15) is 0 Å². The molecule has 2 rings (SSSR count). The zero-order valence-corrected chi connectivity index (χ0v) is 11.2. The Morgan fingerprint density at radius 3 is 2.89 bits per heavy atom. The second-order valence-electron chi connectivity index (χ2n) is 4.30. The molecule has 1 heterocycles. The maximum Gasteiger partial charge on any atom is 0.101 e. The zero-order valence-electron chi connectivity index (χ0n) is 10.4. The van der Waals surface area contributed by atoms with Gasteiger partial charge in [-0.1, -0.05) is 0 Å². The van der Waals surface area contributed by atoms with Gasteiger partial charge in [-0.15, -0.1) is 0 Å². The van der Waals surface area contributed by atoms with Crippen LogP contribution in [0.3, 0.4) is 0 Å². The number of nitrogens with one attached hydrogen (secondary N) is 1. The molecule has 1 aromatic rings. The molecule has 0 radical (unpaired) electrons. The highest BCUT2D eigenvalue weighted by Gasteiger charge is 2.09. The molecule has 3 N–H and O–H groups in total. The minimum absolute atomic E-state index is 0.615. The number of nitrogens with two attached hydrogens (primary N) is 1. The van der Waals surface area contributed by atoms with Crippen LogP contribution in [0, 0.1) is 11.3 Å². The molecule has 1 aliphatic rings. The molecular formula is C13H18N4S. The third-order valence-corrected chi connectivity index (χ3v) is 3.95. The lowest BCUT2D eigenvalue weighted by molar-refractivity contribution is 0.314. The summed E-state index contributed by atoms with van der Waals surface area (Å²) in [5.41, 5.74) is 7.78. The van der Waals surface area contributed by atoms with Crippen LogP contribution in [0.15, 0.2) is 18.2 Å². The van der Waals surface area contributed by atoms with Gasteiger partial charge in [0.05, 0.1) is 11.3 Å². The molecule has 1 aromatic carbocycles. The first-order valence-corrected chi connectivity index (χ1v) is 7.28. The van der Waals surface area contributed by atoms with Crippen LogP contribution in [0.2, 0.25) is 0 Å². The number of hydrogen-bond donors (Lipinski definition) is 2. The lowest BCUT2D eigenvalue weighted by atomic mass is 10.1. The van der Waals surface area contributed by atoms with Crippen molar-refractivity contribution in [3.8, 4) is 6.07 Å². The summed E-state index contributed by atoms with van der Waals surface area (Å²) >= 11 is 2.02. The normalized spacial score (nSPS) is 16.2. The van der Waals surface area contributed by atoms with Gasteiger partial charge in [0.15, 0.2) is 0 Å². The van der Waals surface area contributed by atoms with E-state index in [1.807, 2.05) is 23.9 Å². The number of rotatable bonds is 4. The van der Waals surface area contributed by atoms with Crippen LogP contribution >= 0.6 is 11.8 Å². The topological polar surface area (TPSA) is 65.1 Å². The highest BCUT2D eigenvalue weighted by atomic mass is 32.2. The van der Waals surface area contributed by atoms with E-state index in [4.69, 9.17) is 11.0 Å². The zero-order chi connectivity index (χ0) is 12.8. The highest BCUT2D eigenvalue weighted by molar-refractivity contribution is 7.99. The number of nitrogen functional groups attached to an aromatic ring is 1. The van der Waals surface area contributed by atoms with Crippen LogP contribution in [0.1, 0.15) is 5.56 Å². The molecule has 0 aliphatic carbocycles. The summed E-state index contributed by atoms with van der Waals surface area (Å²) in [5.74, 6) is 2.45. The largest absolute Gasteiger partial charge is 0.399 e. The summed E-state index contributed by atoms with van der Waals surface area (Å²) in [5, 5.41) is 12.3. The molecule has 0 atom stereocenters. The Hall–Kier alpha value is -1.38. The number of nitriles is 1. The van der Waals surface area contributed by atoms with Gasteiger partial charge in [-0.05, 0) is 18.2 Å². The molecule has 18 heavy (non-hydrogen) atoms. The molecule has 96 valence electrons. The van der Waals surface area contributed by atoms with Gasteiger partial charge >= 0.3 is 0 Å². The van der Waals surface area contributed by atoms with Gasteiger partial charge in [0.2, 0.25) is 0 Å². The average molecular weight is 262 g/mol. The Morgan fingerprint density at radius 1 is 1.39 bits per heavy atom. The first-order valence-electron chi connectivity index (χ1n) is 6.13. The Kier molecular flexibility index (Phi) is 4.73. The molecule has 1 saturated heterocycles. The second kappa shape index (κ2) is 6.53. The summed E-state index contributed by atoms with van der Waals surface area (Å²) in [6.45, 7) is 4.22. The molecule has 5 heteroatoms. The molecule has 0 unspecified atom stereocenters. The van der Waals surface area contributed by atoms with E-state index >= 15 is 0 Å². The fourth-order valence-corrected chi connectivity index (χ4v) is 2.96. The van der Waals surface area contributed by atoms with Gasteiger partial charge in [0.25, 0.3) is 0 Å². The van der Waals surface area contributed by atoms with Crippen molar-refractivity contribution in [1.29, 1.82) is 5.26 Å². The van der Waals surface area contributed by atoms with Crippen LogP contribution in [0.5, 0.6) is 0 Å². The van der Waals surface area contributed by atoms with Crippen LogP contribution in [-0.2, 0) is 0 Å². The van der Waals surface area contributed by atoms with E-state index in [2.05, 4.69) is 16.3 Å². The van der Waals surface area contributed by atoms with E-state index in [-0.39, 0.29) is 0 Å². The molecular weight excluding hydrogens is 244 g/mol. The molecule has 0 saturated carbocycles. The van der Waals surface area contributed by atoms with Crippen molar-refractivity contribution in [3.63, 3.8) is 0 Å². The van der Waals surface area contributed by atoms with E-state index < -0.39 is 0 Å². The predicted molar refractivity (Wildman–Crippen MR) is 77.8 cm³/mol. The fourth-order valence-electron chi connectivity index (χ4n) is 1.98. The summed E-state index contributed by atoms with van der Waals surface area (Å²) < 4.78 is 0. The number of benzene rings is 1. The number of hydrogen-bond acceptors (Lipinski definition) is 5. The Bertz CT molecular complexity index is 435. The Labute approximate surface area is 112 Å². The highest BCUT2D eigenvalue weighted by Crippen LogP contribution is 2.17. The van der Waals surface area contributed by atoms with Crippen molar-refractivity contribution in [2.45, 2.75) is 0 Å². The minimum atomic E-state index is 0.615. The van der Waals surface area contributed by atoms with Gasteiger partial charge in [-0.25, -0.2) is 0 Å². The van der Waals surface area contributed by atoms with Gasteiger partial charge in [0.1, 0.15) is 6.07 Å². The quantitative estimate of drug-likeness (QED) is 0.807. The van der Waals surface area contributed by atoms with E-state index in [1.165, 1.54) is 24.6 Å². The minimum Gasteiger partial charge on any atom is -0.399 e. The average Bonchev–Trinajstić information content (AvgIpc) is 2.41. The fraction of sp³-hybridized carbons (Fsp3) is 0.462. The standard InChI is InChI=1S/C13H18N4S/c14-10-11-9-12(15)1-2-13(11)16-3-4-17-5-7-18-8-6-17/h1-2,9,16H,3-8,15H2. The second-order valence-corrected chi connectivity index (χ2v) is 5.52. The smallest absolute Gasteiger partial charge is 0.101 e. The molecule has 1 fully saturated rings. The Balaban J connectivity index is 1.84. The van der Waals surface area contributed by atoms with E-state index in [0.717, 1.165) is 18.8 Å². The third-order valence-electron chi connectivity index (χ3n) is 3.01. The van der Waals surface area contributed by atoms with E-state index in [0.29, 0.717) is 11.3 Å². The number of anilines is 2. The molecule has 0 aromatic heterocycles.